The van der Waals surface area contributed by atoms with E-state index in [-0.39, 0.29) is 11.9 Å². The number of hydrogen-bond acceptors (Lipinski definition) is 4. The van der Waals surface area contributed by atoms with E-state index in [2.05, 4.69) is 5.32 Å². The normalized spacial score (nSPS) is 22.4. The van der Waals surface area contributed by atoms with Crippen molar-refractivity contribution in [2.24, 2.45) is 0 Å². The highest BCUT2D eigenvalue weighted by Crippen LogP contribution is 2.42. The molecule has 1 saturated heterocycles. The van der Waals surface area contributed by atoms with E-state index >= 15 is 0 Å². The molecule has 0 radical (unpaired) electrons. The summed E-state index contributed by atoms with van der Waals surface area (Å²) in [6, 6.07) is 7.08. The van der Waals surface area contributed by atoms with E-state index in [1.165, 1.54) is 0 Å². The van der Waals surface area contributed by atoms with E-state index in [1.807, 2.05) is 32.9 Å². The monoisotopic (exact) mass is 436 g/mol. The summed E-state index contributed by atoms with van der Waals surface area (Å²) in [6.07, 6.45) is 4.27. The fourth-order valence-corrected chi connectivity index (χ4v) is 4.76. The minimum atomic E-state index is -1.07. The first-order chi connectivity index (χ1) is 14.1. The Balaban J connectivity index is 1.75. The third-order valence-corrected chi connectivity index (χ3v) is 6.14. The number of halogens is 1. The number of benzene rings is 1. The van der Waals surface area contributed by atoms with Crippen LogP contribution in [0.1, 0.15) is 70.8 Å². The number of carbonyl (C=O) groups is 2. The van der Waals surface area contributed by atoms with E-state index in [0.29, 0.717) is 37.4 Å². The summed E-state index contributed by atoms with van der Waals surface area (Å²) in [7, 11) is 0. The van der Waals surface area contributed by atoms with E-state index in [1.54, 1.807) is 17.0 Å². The van der Waals surface area contributed by atoms with Crippen molar-refractivity contribution in [1.82, 2.24) is 10.2 Å². The summed E-state index contributed by atoms with van der Waals surface area (Å²) < 4.78 is 5.33. The fourth-order valence-electron chi connectivity index (χ4n) is 4.56. The number of likely N-dealkylation sites (tertiary alicyclic amines) is 1. The summed E-state index contributed by atoms with van der Waals surface area (Å²) in [6.45, 7) is 6.39. The Morgan fingerprint density at radius 3 is 2.60 bits per heavy atom. The quantitative estimate of drug-likeness (QED) is 0.739. The van der Waals surface area contributed by atoms with Gasteiger partial charge in [0, 0.05) is 18.1 Å². The van der Waals surface area contributed by atoms with Gasteiger partial charge in [0.15, 0.2) is 0 Å². The van der Waals surface area contributed by atoms with E-state index in [4.69, 9.17) is 16.3 Å². The molecule has 2 atom stereocenters. The molecule has 0 aromatic heterocycles. The number of nitrogens with one attached hydrogen (secondary N) is 1. The van der Waals surface area contributed by atoms with Crippen LogP contribution < -0.4 is 5.32 Å². The molecule has 1 aliphatic carbocycles. The molecule has 2 fully saturated rings. The lowest BCUT2D eigenvalue weighted by Gasteiger charge is -2.40. The zero-order valence-electron chi connectivity index (χ0n) is 18.1. The Bertz CT molecular complexity index is 771. The minimum absolute atomic E-state index is 0.102. The Morgan fingerprint density at radius 1 is 1.27 bits per heavy atom. The van der Waals surface area contributed by atoms with Crippen LogP contribution in [0.2, 0.25) is 5.02 Å². The molecule has 3 rings (SSSR count). The van der Waals surface area contributed by atoms with Crippen LogP contribution in [0, 0.1) is 0 Å². The van der Waals surface area contributed by atoms with Crippen LogP contribution in [0.15, 0.2) is 24.3 Å². The van der Waals surface area contributed by atoms with Crippen molar-refractivity contribution in [1.29, 1.82) is 0 Å². The fraction of sp³-hybridized carbons (Fsp3) is 0.652. The predicted octanol–water partition coefficient (Wildman–Crippen LogP) is 4.24. The van der Waals surface area contributed by atoms with Gasteiger partial charge < -0.3 is 20.1 Å². The van der Waals surface area contributed by atoms with Gasteiger partial charge in [-0.25, -0.2) is 4.79 Å². The topological polar surface area (TPSA) is 78.9 Å². The van der Waals surface area contributed by atoms with Crippen LogP contribution in [0.5, 0.6) is 0 Å². The lowest BCUT2D eigenvalue weighted by Crippen LogP contribution is -2.48. The first kappa shape index (κ1) is 22.9. The molecule has 1 aromatic carbocycles. The predicted molar refractivity (Wildman–Crippen MR) is 117 cm³/mol. The molecule has 166 valence electrons. The number of alkyl carbamates (subject to hydrolysis) is 1. The van der Waals surface area contributed by atoms with Crippen molar-refractivity contribution >= 4 is 23.6 Å². The highest BCUT2D eigenvalue weighted by molar-refractivity contribution is 6.30. The Morgan fingerprint density at radius 2 is 1.97 bits per heavy atom. The molecule has 2 aliphatic rings. The SMILES string of the molecule is CC(C)(C)OC(=O)N[C@H]1CCN(C(=O)[C@@H](c2cccc(Cl)c2)C2(O)CCCCC2)C1. The molecule has 1 aromatic rings. The highest BCUT2D eigenvalue weighted by atomic mass is 35.5. The number of nitrogens with zero attached hydrogens (tertiary/aromatic N) is 1. The van der Waals surface area contributed by atoms with Crippen molar-refractivity contribution in [3.8, 4) is 0 Å². The van der Waals surface area contributed by atoms with Crippen molar-refractivity contribution in [2.75, 3.05) is 13.1 Å². The van der Waals surface area contributed by atoms with Gasteiger partial charge in [-0.05, 0) is 57.7 Å². The maximum absolute atomic E-state index is 13.6. The third-order valence-electron chi connectivity index (χ3n) is 5.91. The summed E-state index contributed by atoms with van der Waals surface area (Å²) in [5.41, 5.74) is -0.892. The lowest BCUT2D eigenvalue weighted by molar-refractivity contribution is -0.140. The van der Waals surface area contributed by atoms with Crippen LogP contribution in [-0.4, -0.2) is 52.3 Å². The van der Waals surface area contributed by atoms with Crippen molar-refractivity contribution in [3.63, 3.8) is 0 Å². The van der Waals surface area contributed by atoms with Gasteiger partial charge >= 0.3 is 6.09 Å². The average molecular weight is 437 g/mol. The van der Waals surface area contributed by atoms with Crippen LogP contribution in [-0.2, 0) is 9.53 Å². The van der Waals surface area contributed by atoms with Gasteiger partial charge in [-0.15, -0.1) is 0 Å². The third kappa shape index (κ3) is 5.67. The first-order valence-corrected chi connectivity index (χ1v) is 11.2. The van der Waals surface area contributed by atoms with Gasteiger partial charge in [-0.3, -0.25) is 4.79 Å². The zero-order valence-corrected chi connectivity index (χ0v) is 18.9. The molecule has 0 bridgehead atoms. The highest BCUT2D eigenvalue weighted by Gasteiger charge is 2.45. The van der Waals surface area contributed by atoms with Crippen LogP contribution in [0.4, 0.5) is 4.79 Å². The second-order valence-corrected chi connectivity index (χ2v) is 10.0. The molecule has 6 nitrogen and oxygen atoms in total. The number of aliphatic hydroxyl groups is 1. The smallest absolute Gasteiger partial charge is 0.407 e. The number of carbonyl (C=O) groups excluding carboxylic acids is 2. The molecule has 7 heteroatoms. The Hall–Kier alpha value is -1.79. The largest absolute Gasteiger partial charge is 0.444 e. The van der Waals surface area contributed by atoms with Gasteiger partial charge in [0.2, 0.25) is 5.91 Å². The maximum Gasteiger partial charge on any atom is 0.407 e. The van der Waals surface area contributed by atoms with Crippen molar-refractivity contribution in [2.45, 2.75) is 82.5 Å². The van der Waals surface area contributed by atoms with Gasteiger partial charge in [0.05, 0.1) is 17.6 Å². The van der Waals surface area contributed by atoms with E-state index < -0.39 is 23.2 Å². The lowest BCUT2D eigenvalue weighted by atomic mass is 9.72. The van der Waals surface area contributed by atoms with E-state index in [0.717, 1.165) is 24.8 Å². The van der Waals surface area contributed by atoms with Gasteiger partial charge in [-0.2, -0.15) is 0 Å². The molecule has 2 amide bonds. The van der Waals surface area contributed by atoms with Crippen LogP contribution in [0.3, 0.4) is 0 Å². The summed E-state index contributed by atoms with van der Waals surface area (Å²) in [4.78, 5) is 27.4. The number of ether oxygens (including phenoxy) is 1. The molecule has 30 heavy (non-hydrogen) atoms. The molecule has 1 aliphatic heterocycles. The molecule has 2 N–H and O–H groups in total. The summed E-state index contributed by atoms with van der Waals surface area (Å²) >= 11 is 6.20. The summed E-state index contributed by atoms with van der Waals surface area (Å²) in [5.74, 6) is -0.757. The Labute approximate surface area is 183 Å². The average Bonchev–Trinajstić information content (AvgIpc) is 3.09. The van der Waals surface area contributed by atoms with Crippen LogP contribution in [0.25, 0.3) is 0 Å². The molecule has 0 unspecified atom stereocenters. The maximum atomic E-state index is 13.6. The number of amides is 2. The second-order valence-electron chi connectivity index (χ2n) is 9.57. The molecule has 0 spiro atoms. The van der Waals surface area contributed by atoms with Crippen LogP contribution >= 0.6 is 11.6 Å². The molecule has 1 heterocycles. The molecular formula is C23H33ClN2O4. The number of hydrogen-bond donors (Lipinski definition) is 2. The molecular weight excluding hydrogens is 404 g/mol. The first-order valence-electron chi connectivity index (χ1n) is 10.8. The Kier molecular flexibility index (Phi) is 6.98. The summed E-state index contributed by atoms with van der Waals surface area (Å²) in [5, 5.41) is 14.9. The number of rotatable bonds is 4. The minimum Gasteiger partial charge on any atom is -0.444 e. The molecule has 1 saturated carbocycles. The second kappa shape index (κ2) is 9.15. The van der Waals surface area contributed by atoms with Gasteiger partial charge in [0.25, 0.3) is 0 Å². The van der Waals surface area contributed by atoms with Crippen molar-refractivity contribution < 1.29 is 19.4 Å². The van der Waals surface area contributed by atoms with Gasteiger partial charge in [0.1, 0.15) is 5.60 Å². The van der Waals surface area contributed by atoms with Gasteiger partial charge in [-0.1, -0.05) is 43.0 Å². The standard InChI is InChI=1S/C23H33ClN2O4/c1-22(2,3)30-21(28)25-18-10-13-26(15-18)20(27)19(16-8-7-9-17(24)14-16)23(29)11-5-4-6-12-23/h7-9,14,18-19,29H,4-6,10-13,15H2,1-3H3,(H,25,28)/t18-,19+/m0/s1. The van der Waals surface area contributed by atoms with Crippen molar-refractivity contribution in [3.05, 3.63) is 34.9 Å². The van der Waals surface area contributed by atoms with E-state index in [9.17, 15) is 14.7 Å². The zero-order chi connectivity index (χ0) is 21.9.